The molecule has 2 fully saturated rings. The molecule has 190 valence electrons. The van der Waals surface area contributed by atoms with E-state index in [1.807, 2.05) is 12.1 Å². The molecule has 10 nitrogen and oxygen atoms in total. The van der Waals surface area contributed by atoms with Crippen molar-refractivity contribution in [2.45, 2.75) is 37.3 Å². The number of rotatable bonds is 4. The van der Waals surface area contributed by atoms with Crippen molar-refractivity contribution in [2.24, 2.45) is 5.73 Å². The molecule has 10 heteroatoms. The standard InChI is InChI=1S/C27H27N5O5/c1-36-22-14-20(30-23-17(15-5-6-15)3-2-4-18(22)23)25(34)32-11-9-27(10-12-32)31-24(33)19-13-16(29-26(28)35)7-8-21(19)37-27/h2-4,7-8,13-15H,5-6,9-12H2,1H3,(H,31,33)(H3,28,29,35). The number of fused-ring (bicyclic) bond motifs is 2. The number of likely N-dealkylation sites (tertiary alicyclic amines) is 1. The third-order valence-corrected chi connectivity index (χ3v) is 7.29. The van der Waals surface area contributed by atoms with Gasteiger partial charge in [-0.3, -0.25) is 9.59 Å². The minimum absolute atomic E-state index is 0.176. The number of hydrogen-bond donors (Lipinski definition) is 3. The van der Waals surface area contributed by atoms with Gasteiger partial charge in [0, 0.05) is 43.1 Å². The fourth-order valence-electron chi connectivity index (χ4n) is 5.23. The number of carbonyl (C=O) groups excluding carboxylic acids is 3. The fraction of sp³-hybridized carbons (Fsp3) is 0.333. The highest BCUT2D eigenvalue weighted by Gasteiger charge is 2.43. The van der Waals surface area contributed by atoms with Gasteiger partial charge in [-0.2, -0.15) is 0 Å². The van der Waals surface area contributed by atoms with Gasteiger partial charge >= 0.3 is 6.03 Å². The first kappa shape index (κ1) is 23.1. The van der Waals surface area contributed by atoms with Gasteiger partial charge in [-0.15, -0.1) is 0 Å². The van der Waals surface area contributed by atoms with E-state index in [0.717, 1.165) is 29.3 Å². The summed E-state index contributed by atoms with van der Waals surface area (Å²) < 4.78 is 11.8. The number of amides is 4. The summed E-state index contributed by atoms with van der Waals surface area (Å²) in [5, 5.41) is 6.32. The molecule has 1 aromatic heterocycles. The number of nitrogens with two attached hydrogens (primary N) is 1. The molecule has 0 unspecified atom stereocenters. The van der Waals surface area contributed by atoms with E-state index in [0.29, 0.717) is 60.3 Å². The smallest absolute Gasteiger partial charge is 0.316 e. The molecule has 3 aliphatic rings. The topological polar surface area (TPSA) is 136 Å². The molecule has 4 N–H and O–H groups in total. The summed E-state index contributed by atoms with van der Waals surface area (Å²) in [5.74, 6) is 1.06. The normalized spacial score (nSPS) is 18.1. The minimum Gasteiger partial charge on any atom is -0.496 e. The van der Waals surface area contributed by atoms with Crippen molar-refractivity contribution in [3.05, 3.63) is 59.3 Å². The van der Waals surface area contributed by atoms with Crippen LogP contribution in [0.25, 0.3) is 10.9 Å². The quantitative estimate of drug-likeness (QED) is 0.502. The maximum Gasteiger partial charge on any atom is 0.316 e. The third-order valence-electron chi connectivity index (χ3n) is 7.29. The van der Waals surface area contributed by atoms with E-state index < -0.39 is 11.8 Å². The maximum atomic E-state index is 13.5. The third kappa shape index (κ3) is 4.18. The van der Waals surface area contributed by atoms with Crippen LogP contribution in [0.4, 0.5) is 10.5 Å². The van der Waals surface area contributed by atoms with Gasteiger partial charge in [0.2, 0.25) is 0 Å². The zero-order chi connectivity index (χ0) is 25.7. The molecule has 1 saturated carbocycles. The number of piperidine rings is 1. The van der Waals surface area contributed by atoms with Gasteiger partial charge in [-0.25, -0.2) is 9.78 Å². The lowest BCUT2D eigenvalue weighted by Gasteiger charge is -2.44. The van der Waals surface area contributed by atoms with Crippen LogP contribution >= 0.6 is 0 Å². The van der Waals surface area contributed by atoms with Gasteiger partial charge in [0.1, 0.15) is 17.2 Å². The van der Waals surface area contributed by atoms with E-state index in [-0.39, 0.29) is 11.8 Å². The van der Waals surface area contributed by atoms with Crippen molar-refractivity contribution in [3.8, 4) is 11.5 Å². The van der Waals surface area contributed by atoms with Gasteiger partial charge in [0.25, 0.3) is 11.8 Å². The van der Waals surface area contributed by atoms with Crippen LogP contribution in [0.5, 0.6) is 11.5 Å². The number of pyridine rings is 1. The van der Waals surface area contributed by atoms with Crippen LogP contribution in [0.15, 0.2) is 42.5 Å². The van der Waals surface area contributed by atoms with Gasteiger partial charge in [0.05, 0.1) is 18.2 Å². The van der Waals surface area contributed by atoms with Crippen molar-refractivity contribution < 1.29 is 23.9 Å². The average Bonchev–Trinajstić information content (AvgIpc) is 3.73. The Hall–Kier alpha value is -4.34. The number of ether oxygens (including phenoxy) is 2. The summed E-state index contributed by atoms with van der Waals surface area (Å²) >= 11 is 0. The van der Waals surface area contributed by atoms with Crippen molar-refractivity contribution >= 4 is 34.4 Å². The lowest BCUT2D eigenvalue weighted by atomic mass is 9.96. The first-order valence-electron chi connectivity index (χ1n) is 12.3. The molecular formula is C27H27N5O5. The molecule has 2 aliphatic heterocycles. The lowest BCUT2D eigenvalue weighted by Crippen LogP contribution is -2.61. The SMILES string of the molecule is COc1cc(C(=O)N2CCC3(CC2)NC(=O)c2cc(NC(N)=O)ccc2O3)nc2c(C3CC3)cccc12. The zero-order valence-corrected chi connectivity index (χ0v) is 20.4. The molecule has 0 bridgehead atoms. The van der Waals surface area contributed by atoms with E-state index in [2.05, 4.69) is 16.7 Å². The molecule has 3 aromatic rings. The Morgan fingerprint density at radius 3 is 2.68 bits per heavy atom. The van der Waals surface area contributed by atoms with E-state index in [1.165, 1.54) is 6.07 Å². The van der Waals surface area contributed by atoms with E-state index >= 15 is 0 Å². The number of primary amides is 1. The zero-order valence-electron chi connectivity index (χ0n) is 20.4. The molecule has 6 rings (SSSR count). The molecule has 1 aliphatic carbocycles. The molecule has 3 heterocycles. The van der Waals surface area contributed by atoms with E-state index in [4.69, 9.17) is 20.2 Å². The highest BCUT2D eigenvalue weighted by Crippen LogP contribution is 2.44. The van der Waals surface area contributed by atoms with Gasteiger partial charge < -0.3 is 30.7 Å². The number of methoxy groups -OCH3 is 1. The van der Waals surface area contributed by atoms with Crippen molar-refractivity contribution in [2.75, 3.05) is 25.5 Å². The Balaban J connectivity index is 1.21. The van der Waals surface area contributed by atoms with Crippen LogP contribution in [-0.4, -0.2) is 53.7 Å². The van der Waals surface area contributed by atoms with Crippen LogP contribution in [0.1, 0.15) is 58.0 Å². The van der Waals surface area contributed by atoms with Crippen LogP contribution in [0.2, 0.25) is 0 Å². The first-order chi connectivity index (χ1) is 17.9. The average molecular weight is 502 g/mol. The maximum absolute atomic E-state index is 13.5. The second kappa shape index (κ2) is 8.65. The number of urea groups is 1. The molecule has 1 spiro atoms. The van der Waals surface area contributed by atoms with Crippen molar-refractivity contribution in [1.82, 2.24) is 15.2 Å². The number of anilines is 1. The molecule has 0 radical (unpaired) electrons. The summed E-state index contributed by atoms with van der Waals surface area (Å²) in [6.07, 6.45) is 3.10. The molecule has 1 saturated heterocycles. The fourth-order valence-corrected chi connectivity index (χ4v) is 5.23. The Bertz CT molecular complexity index is 1440. The molecular weight excluding hydrogens is 474 g/mol. The van der Waals surface area contributed by atoms with Crippen LogP contribution in [-0.2, 0) is 0 Å². The Morgan fingerprint density at radius 1 is 1.19 bits per heavy atom. The highest BCUT2D eigenvalue weighted by molar-refractivity contribution is 6.01. The summed E-state index contributed by atoms with van der Waals surface area (Å²) in [7, 11) is 1.60. The Kier molecular flexibility index (Phi) is 5.40. The summed E-state index contributed by atoms with van der Waals surface area (Å²) in [6.45, 7) is 0.782. The minimum atomic E-state index is -0.910. The number of aromatic nitrogens is 1. The molecule has 0 atom stereocenters. The second-order valence-electron chi connectivity index (χ2n) is 9.77. The number of nitrogens with zero attached hydrogens (tertiary/aromatic N) is 2. The molecule has 2 aromatic carbocycles. The highest BCUT2D eigenvalue weighted by atomic mass is 16.5. The Labute approximate surface area is 213 Å². The molecule has 37 heavy (non-hydrogen) atoms. The van der Waals surface area contributed by atoms with Crippen LogP contribution in [0, 0.1) is 0 Å². The molecule has 4 amide bonds. The van der Waals surface area contributed by atoms with Crippen LogP contribution in [0.3, 0.4) is 0 Å². The predicted octanol–water partition coefficient (Wildman–Crippen LogP) is 3.37. The largest absolute Gasteiger partial charge is 0.496 e. The summed E-state index contributed by atoms with van der Waals surface area (Å²) in [5.41, 5.74) is 7.31. The first-order valence-corrected chi connectivity index (χ1v) is 12.3. The van der Waals surface area contributed by atoms with E-state index in [1.54, 1.807) is 30.2 Å². The van der Waals surface area contributed by atoms with Gasteiger partial charge in [-0.1, -0.05) is 12.1 Å². The number of nitrogens with one attached hydrogen (secondary N) is 2. The van der Waals surface area contributed by atoms with Crippen molar-refractivity contribution in [3.63, 3.8) is 0 Å². The second-order valence-corrected chi connectivity index (χ2v) is 9.77. The number of hydrogen-bond acceptors (Lipinski definition) is 6. The summed E-state index contributed by atoms with van der Waals surface area (Å²) in [6, 6.07) is 11.8. The summed E-state index contributed by atoms with van der Waals surface area (Å²) in [4.78, 5) is 44.0. The number of para-hydroxylation sites is 1. The monoisotopic (exact) mass is 501 g/mol. The van der Waals surface area contributed by atoms with Gasteiger partial charge in [0.15, 0.2) is 5.72 Å². The van der Waals surface area contributed by atoms with Crippen molar-refractivity contribution in [1.29, 1.82) is 0 Å². The van der Waals surface area contributed by atoms with Gasteiger partial charge in [-0.05, 0) is 48.6 Å². The van der Waals surface area contributed by atoms with Crippen LogP contribution < -0.4 is 25.8 Å². The number of carbonyl (C=O) groups is 3. The van der Waals surface area contributed by atoms with E-state index in [9.17, 15) is 14.4 Å². The predicted molar refractivity (Wildman–Crippen MR) is 136 cm³/mol. The lowest BCUT2D eigenvalue weighted by molar-refractivity contribution is -0.0246. The number of benzene rings is 2. The Morgan fingerprint density at radius 2 is 1.97 bits per heavy atom.